The summed E-state index contributed by atoms with van der Waals surface area (Å²) < 4.78 is 18.3. The Morgan fingerprint density at radius 3 is 0.926 bits per heavy atom. The third kappa shape index (κ3) is 66.5. The summed E-state index contributed by atoms with van der Waals surface area (Å²) in [5.74, 6) is 7.15. The van der Waals surface area contributed by atoms with Crippen LogP contribution in [0, 0.1) is 0 Å². The number of piperazine rings is 1. The van der Waals surface area contributed by atoms with Gasteiger partial charge in [0.1, 0.15) is 17.3 Å². The van der Waals surface area contributed by atoms with Gasteiger partial charge in [-0.1, -0.05) is 194 Å². The first-order chi connectivity index (χ1) is 46.1. The summed E-state index contributed by atoms with van der Waals surface area (Å²) in [6.07, 6.45) is 49.3. The second-order valence-electron chi connectivity index (χ2n) is 28.8. The molecule has 16 heteroatoms. The highest BCUT2D eigenvalue weighted by molar-refractivity contribution is 8.19. The number of rotatable bonds is 77. The number of carbonyl (C=O) groups is 3. The van der Waals surface area contributed by atoms with Crippen molar-refractivity contribution in [2.75, 3.05) is 146 Å². The van der Waals surface area contributed by atoms with E-state index in [-0.39, 0.29) is 12.2 Å². The van der Waals surface area contributed by atoms with Gasteiger partial charge in [0.15, 0.2) is 0 Å². The van der Waals surface area contributed by atoms with Crippen molar-refractivity contribution in [1.29, 1.82) is 0 Å². The van der Waals surface area contributed by atoms with Gasteiger partial charge in [-0.2, -0.15) is 0 Å². The van der Waals surface area contributed by atoms with E-state index >= 15 is 0 Å². The Hall–Kier alpha value is 0.830. The molecule has 95 heavy (non-hydrogen) atoms. The predicted octanol–water partition coefficient (Wildman–Crippen LogP) is 21.9. The zero-order valence-electron chi connectivity index (χ0n) is 64.0. The van der Waals surface area contributed by atoms with Crippen LogP contribution in [0.25, 0.3) is 0 Å². The lowest BCUT2D eigenvalue weighted by Gasteiger charge is -2.35. The summed E-state index contributed by atoms with van der Waals surface area (Å²) in [5.41, 5.74) is 0. The largest absolute Gasteiger partial charge is 0.381 e. The van der Waals surface area contributed by atoms with Crippen LogP contribution in [-0.4, -0.2) is 190 Å². The van der Waals surface area contributed by atoms with Gasteiger partial charge in [0.05, 0.1) is 32.1 Å². The summed E-state index contributed by atoms with van der Waals surface area (Å²) in [7, 11) is 0. The first kappa shape index (κ1) is 93.8. The maximum Gasteiger partial charge on any atom is 0.134 e. The maximum absolute atomic E-state index is 13.4. The van der Waals surface area contributed by atoms with E-state index in [1.165, 1.54) is 193 Å². The van der Waals surface area contributed by atoms with E-state index in [9.17, 15) is 14.4 Å². The van der Waals surface area contributed by atoms with Crippen molar-refractivity contribution in [3.8, 4) is 0 Å². The minimum atomic E-state index is 0.106. The molecule has 1 heterocycles. The van der Waals surface area contributed by atoms with E-state index in [1.807, 2.05) is 70.6 Å². The average Bonchev–Trinajstić information content (AvgIpc) is 2.03. The van der Waals surface area contributed by atoms with Gasteiger partial charge in [-0.15, -0.1) is 70.6 Å². The highest BCUT2D eigenvalue weighted by Crippen LogP contribution is 2.39. The summed E-state index contributed by atoms with van der Waals surface area (Å²) in [6.45, 7) is 36.5. The molecule has 0 unspecified atom stereocenters. The minimum absolute atomic E-state index is 0.106. The summed E-state index contributed by atoms with van der Waals surface area (Å²) in [6, 6.07) is 0. The second-order valence-corrected chi connectivity index (χ2v) is 39.9. The predicted molar refractivity (Wildman–Crippen MR) is 433 cm³/mol. The smallest absolute Gasteiger partial charge is 0.134 e. The van der Waals surface area contributed by atoms with Gasteiger partial charge in [0, 0.05) is 121 Å². The molecule has 0 spiro atoms. The molecule has 1 aliphatic rings. The van der Waals surface area contributed by atoms with Crippen LogP contribution in [0.2, 0.25) is 0 Å². The number of unbranched alkanes of at least 4 members (excludes halogenated alkanes) is 27. The van der Waals surface area contributed by atoms with Crippen LogP contribution in [0.5, 0.6) is 0 Å². The van der Waals surface area contributed by atoms with Gasteiger partial charge in [0.25, 0.3) is 0 Å². The summed E-state index contributed by atoms with van der Waals surface area (Å²) in [5, 5.41) is 3.55. The normalized spacial score (nSPS) is 13.7. The van der Waals surface area contributed by atoms with Gasteiger partial charge in [-0.25, -0.2) is 0 Å². The van der Waals surface area contributed by atoms with Crippen molar-refractivity contribution >= 4 is 87.9 Å². The monoisotopic (exact) mass is 1450 g/mol. The third-order valence-corrected chi connectivity index (χ3v) is 27.2. The van der Waals surface area contributed by atoms with Crippen molar-refractivity contribution < 1.29 is 28.6 Å². The SMILES string of the molecule is CCCCCCCCCCCCOCCSC(C)(C)SCCCC(=O)CCNCCCN1CCN(CCCN(CCC(=O)CCCSC(C)(C)SCCOCCCCCCCCCCCC)CCC(=O)CCCSC(C)(C)SCCOCCCCCCCCCCCC)CC1. The van der Waals surface area contributed by atoms with Crippen molar-refractivity contribution in [2.24, 2.45) is 0 Å². The number of ketones is 3. The number of ether oxygens (including phenoxy) is 3. The number of carbonyl (C=O) groups excluding carboxylic acids is 3. The second kappa shape index (κ2) is 68.0. The quantitative estimate of drug-likeness (QED) is 0.0461. The molecule has 0 atom stereocenters. The average molecular weight is 1450 g/mol. The minimum Gasteiger partial charge on any atom is -0.381 e. The molecule has 0 amide bonds. The fourth-order valence-corrected chi connectivity index (χ4v) is 19.0. The van der Waals surface area contributed by atoms with E-state index in [4.69, 9.17) is 14.2 Å². The molecule has 1 rings (SSSR count). The maximum atomic E-state index is 13.4. The van der Waals surface area contributed by atoms with Crippen LogP contribution >= 0.6 is 70.6 Å². The molecule has 0 aliphatic carbocycles. The van der Waals surface area contributed by atoms with Crippen molar-refractivity contribution in [3.05, 3.63) is 0 Å². The Bertz CT molecular complexity index is 1630. The van der Waals surface area contributed by atoms with Gasteiger partial charge >= 0.3 is 0 Å². The number of hydrogen-bond acceptors (Lipinski definition) is 16. The Balaban J connectivity index is 2.38. The Morgan fingerprint density at radius 2 is 0.600 bits per heavy atom. The van der Waals surface area contributed by atoms with Gasteiger partial charge in [-0.05, 0) is 136 Å². The van der Waals surface area contributed by atoms with Gasteiger partial charge in [0.2, 0.25) is 0 Å². The lowest BCUT2D eigenvalue weighted by atomic mass is 10.1. The van der Waals surface area contributed by atoms with Crippen LogP contribution in [0.1, 0.15) is 326 Å². The lowest BCUT2D eigenvalue weighted by Crippen LogP contribution is -2.47. The zero-order valence-corrected chi connectivity index (χ0v) is 68.9. The lowest BCUT2D eigenvalue weighted by molar-refractivity contribution is -0.120. The summed E-state index contributed by atoms with van der Waals surface area (Å²) >= 11 is 11.9. The molecule has 1 fully saturated rings. The first-order valence-corrected chi connectivity index (χ1v) is 46.0. The molecule has 1 aliphatic heterocycles. The standard InChI is InChI=1S/C79H156N4O6S6/c1-10-13-16-19-22-25-28-31-34-37-62-87-65-71-93-77(4,5)90-68-40-45-74(84)48-52-80-51-43-53-82-58-60-83(61-59-82)55-44-54-81(56-49-75(85)46-41-69-91-78(6,7)94-72-66-88-63-38-35-32-29-26-23-20-17-14-11-2)57-50-76(86)47-42-70-92-79(8,9)95-73-67-89-64-39-36-33-30-27-24-21-18-15-12-3/h80H,10-73H2,1-9H3. The number of nitrogens with zero attached hydrogens (tertiary/aromatic N) is 3. The molecule has 564 valence electrons. The fraction of sp³-hybridized carbons (Fsp3) is 0.962. The van der Waals surface area contributed by atoms with Crippen LogP contribution < -0.4 is 5.32 Å². The molecule has 0 aromatic heterocycles. The first-order valence-electron chi connectivity index (χ1n) is 40.1. The topological polar surface area (TPSA) is 101 Å². The number of nitrogens with one attached hydrogen (secondary N) is 1. The van der Waals surface area contributed by atoms with Gasteiger partial charge < -0.3 is 34.2 Å². The van der Waals surface area contributed by atoms with E-state index in [0.29, 0.717) is 55.9 Å². The van der Waals surface area contributed by atoms with Crippen LogP contribution in [0.3, 0.4) is 0 Å². The molecular weight excluding hydrogens is 1290 g/mol. The van der Waals surface area contributed by atoms with Crippen molar-refractivity contribution in [2.45, 2.75) is 338 Å². The Morgan fingerprint density at radius 1 is 0.316 bits per heavy atom. The Kier molecular flexibility index (Phi) is 67.1. The molecule has 1 N–H and O–H groups in total. The Labute approximate surface area is 616 Å². The molecule has 1 saturated heterocycles. The van der Waals surface area contributed by atoms with Crippen molar-refractivity contribution in [1.82, 2.24) is 20.0 Å². The molecule has 0 aromatic carbocycles. The number of thioether (sulfide) groups is 6. The number of hydrogen-bond donors (Lipinski definition) is 1. The van der Waals surface area contributed by atoms with E-state index in [1.54, 1.807) is 0 Å². The van der Waals surface area contributed by atoms with Gasteiger partial charge in [-0.3, -0.25) is 14.4 Å². The highest BCUT2D eigenvalue weighted by atomic mass is 32.2. The fourth-order valence-electron chi connectivity index (χ4n) is 12.1. The van der Waals surface area contributed by atoms with E-state index in [0.717, 1.165) is 178 Å². The molecule has 10 nitrogen and oxygen atoms in total. The van der Waals surface area contributed by atoms with Crippen LogP contribution in [0.15, 0.2) is 0 Å². The highest BCUT2D eigenvalue weighted by Gasteiger charge is 2.23. The van der Waals surface area contributed by atoms with Crippen molar-refractivity contribution in [3.63, 3.8) is 0 Å². The van der Waals surface area contributed by atoms with Crippen LogP contribution in [0.4, 0.5) is 0 Å². The van der Waals surface area contributed by atoms with E-state index < -0.39 is 0 Å². The molecule has 0 aromatic rings. The number of Topliss-reactive ketones (excluding diaryl/α,β-unsaturated/α-hetero) is 3. The molecule has 0 saturated carbocycles. The van der Waals surface area contributed by atoms with Crippen LogP contribution in [-0.2, 0) is 28.6 Å². The molecule has 0 bridgehead atoms. The molecular formula is C79H156N4O6S6. The molecule has 0 radical (unpaired) electrons. The third-order valence-electron chi connectivity index (χ3n) is 18.3. The van der Waals surface area contributed by atoms with E-state index in [2.05, 4.69) is 82.3 Å². The summed E-state index contributed by atoms with van der Waals surface area (Å²) in [4.78, 5) is 47.1. The zero-order chi connectivity index (χ0) is 69.3.